The molecule has 0 rings (SSSR count). The maximum absolute atomic E-state index is 11.7. The first kappa shape index (κ1) is 13.4. The smallest absolute Gasteiger partial charge is 0.244 e. The van der Waals surface area contributed by atoms with Gasteiger partial charge >= 0.3 is 0 Å². The largest absolute Gasteiger partial charge is 0.344 e. The molecule has 0 saturated heterocycles. The molecule has 0 aromatic heterocycles. The lowest BCUT2D eigenvalue weighted by atomic mass is 10.2. The Morgan fingerprint density at radius 2 is 1.93 bits per heavy atom. The topological polar surface area (TPSA) is 73.2 Å². The van der Waals surface area contributed by atoms with E-state index >= 15 is 0 Å². The third-order valence-electron chi connectivity index (χ3n) is 2.06. The number of amides is 2. The van der Waals surface area contributed by atoms with E-state index in [-0.39, 0.29) is 12.3 Å². The van der Waals surface area contributed by atoms with Gasteiger partial charge in [-0.1, -0.05) is 0 Å². The highest BCUT2D eigenvalue weighted by atomic mass is 16.2. The van der Waals surface area contributed by atoms with Crippen molar-refractivity contribution in [1.82, 2.24) is 10.2 Å². The van der Waals surface area contributed by atoms with Gasteiger partial charge in [-0.3, -0.25) is 9.59 Å². The second kappa shape index (κ2) is 6.82. The van der Waals surface area contributed by atoms with Crippen molar-refractivity contribution in [2.75, 3.05) is 13.1 Å². The van der Waals surface area contributed by atoms with Crippen LogP contribution in [0.1, 0.15) is 27.2 Å². The van der Waals surface area contributed by atoms with Crippen LogP contribution < -0.4 is 5.32 Å². The molecule has 5 nitrogen and oxygen atoms in total. The summed E-state index contributed by atoms with van der Waals surface area (Å²) in [6.45, 7) is 6.62. The number of hydrogen-bond donors (Lipinski definition) is 1. The van der Waals surface area contributed by atoms with E-state index in [1.807, 2.05) is 13.8 Å². The van der Waals surface area contributed by atoms with Crippen molar-refractivity contribution in [3.05, 3.63) is 0 Å². The molecular formula is C10H17N3O2. The van der Waals surface area contributed by atoms with E-state index in [0.717, 1.165) is 0 Å². The minimum atomic E-state index is -0.564. The second-order valence-corrected chi connectivity index (χ2v) is 3.13. The number of carbonyl (C=O) groups excluding carboxylic acids is 2. The van der Waals surface area contributed by atoms with Crippen LogP contribution in [0.15, 0.2) is 0 Å². The van der Waals surface area contributed by atoms with Gasteiger partial charge in [0.1, 0.15) is 12.5 Å². The molecule has 0 saturated carbocycles. The summed E-state index contributed by atoms with van der Waals surface area (Å²) in [6, 6.07) is 1.17. The van der Waals surface area contributed by atoms with Crippen LogP contribution in [-0.2, 0) is 9.59 Å². The van der Waals surface area contributed by atoms with E-state index in [1.165, 1.54) is 0 Å². The molecule has 0 bridgehead atoms. The fourth-order valence-electron chi connectivity index (χ4n) is 1.24. The average molecular weight is 211 g/mol. The number of hydrogen-bond acceptors (Lipinski definition) is 3. The zero-order valence-electron chi connectivity index (χ0n) is 9.41. The summed E-state index contributed by atoms with van der Waals surface area (Å²) in [7, 11) is 0. The summed E-state index contributed by atoms with van der Waals surface area (Å²) in [5, 5.41) is 10.8. The Kier molecular flexibility index (Phi) is 6.11. The first-order valence-corrected chi connectivity index (χ1v) is 5.01. The highest BCUT2D eigenvalue weighted by molar-refractivity contribution is 5.87. The van der Waals surface area contributed by atoms with Crippen LogP contribution in [0.25, 0.3) is 0 Å². The average Bonchev–Trinajstić information content (AvgIpc) is 2.19. The van der Waals surface area contributed by atoms with Gasteiger partial charge in [-0.25, -0.2) is 0 Å². The Morgan fingerprint density at radius 1 is 1.40 bits per heavy atom. The fourth-order valence-corrected chi connectivity index (χ4v) is 1.24. The number of nitriles is 1. The van der Waals surface area contributed by atoms with Crippen molar-refractivity contribution in [3.63, 3.8) is 0 Å². The van der Waals surface area contributed by atoms with Crippen molar-refractivity contribution in [1.29, 1.82) is 5.26 Å². The minimum Gasteiger partial charge on any atom is -0.344 e. The molecule has 1 unspecified atom stereocenters. The van der Waals surface area contributed by atoms with Gasteiger partial charge in [0, 0.05) is 13.1 Å². The van der Waals surface area contributed by atoms with E-state index < -0.39 is 11.9 Å². The number of nitrogens with one attached hydrogen (secondary N) is 1. The molecule has 1 N–H and O–H groups in total. The Bertz CT molecular complexity index is 266. The minimum absolute atomic E-state index is 0.119. The van der Waals surface area contributed by atoms with Crippen molar-refractivity contribution < 1.29 is 9.59 Å². The molecule has 84 valence electrons. The van der Waals surface area contributed by atoms with Gasteiger partial charge in [0.05, 0.1) is 6.07 Å². The Morgan fingerprint density at radius 3 is 2.33 bits per heavy atom. The molecule has 0 spiro atoms. The predicted octanol–water partition coefficient (Wildman–Crippen LogP) is 0.273. The van der Waals surface area contributed by atoms with Gasteiger partial charge in [0.2, 0.25) is 11.8 Å². The molecule has 5 heteroatoms. The highest BCUT2D eigenvalue weighted by Crippen LogP contribution is 1.95. The summed E-state index contributed by atoms with van der Waals surface area (Å²) in [5.74, 6) is -0.531. The van der Waals surface area contributed by atoms with E-state index in [9.17, 15) is 9.59 Å². The van der Waals surface area contributed by atoms with Crippen LogP contribution in [0.4, 0.5) is 0 Å². The molecule has 0 aromatic carbocycles. The maximum Gasteiger partial charge on any atom is 0.244 e. The normalized spacial score (nSPS) is 11.3. The van der Waals surface area contributed by atoms with Gasteiger partial charge in [0.25, 0.3) is 0 Å². The lowest BCUT2D eigenvalue weighted by Crippen LogP contribution is -2.46. The second-order valence-electron chi connectivity index (χ2n) is 3.13. The Hall–Kier alpha value is -1.57. The lowest BCUT2D eigenvalue weighted by Gasteiger charge is -2.23. The zero-order chi connectivity index (χ0) is 11.8. The third-order valence-corrected chi connectivity index (χ3v) is 2.06. The van der Waals surface area contributed by atoms with Crippen molar-refractivity contribution in [2.24, 2.45) is 0 Å². The van der Waals surface area contributed by atoms with Crippen LogP contribution in [-0.4, -0.2) is 35.8 Å². The van der Waals surface area contributed by atoms with E-state index in [1.54, 1.807) is 17.9 Å². The fraction of sp³-hybridized carbons (Fsp3) is 0.700. The summed E-state index contributed by atoms with van der Waals surface area (Å²) in [5.41, 5.74) is 0. The summed E-state index contributed by atoms with van der Waals surface area (Å²) >= 11 is 0. The Balaban J connectivity index is 4.21. The van der Waals surface area contributed by atoms with Crippen LogP contribution in [0.5, 0.6) is 0 Å². The molecule has 2 amide bonds. The molecule has 0 aliphatic carbocycles. The standard InChI is InChI=1S/C10H17N3O2/c1-4-13(5-2)10(15)8(3)12-9(14)6-7-11/h8H,4-6H2,1-3H3,(H,12,14). The summed E-state index contributed by atoms with van der Waals surface area (Å²) in [6.07, 6.45) is -0.212. The van der Waals surface area contributed by atoms with Crippen molar-refractivity contribution in [2.45, 2.75) is 33.2 Å². The van der Waals surface area contributed by atoms with Crippen LogP contribution >= 0.6 is 0 Å². The van der Waals surface area contributed by atoms with Crippen LogP contribution in [0, 0.1) is 11.3 Å². The number of nitrogens with zero attached hydrogens (tertiary/aromatic N) is 2. The molecule has 0 aromatic rings. The molecule has 0 heterocycles. The molecule has 1 atom stereocenters. The Labute approximate surface area is 90.0 Å². The monoisotopic (exact) mass is 211 g/mol. The van der Waals surface area contributed by atoms with Crippen molar-refractivity contribution >= 4 is 11.8 Å². The SMILES string of the molecule is CCN(CC)C(=O)C(C)NC(=O)CC#N. The maximum atomic E-state index is 11.7. The van der Waals surface area contributed by atoms with Crippen LogP contribution in [0.3, 0.4) is 0 Å². The van der Waals surface area contributed by atoms with Crippen molar-refractivity contribution in [3.8, 4) is 6.07 Å². The predicted molar refractivity (Wildman–Crippen MR) is 55.8 cm³/mol. The summed E-state index contributed by atoms with van der Waals surface area (Å²) in [4.78, 5) is 24.4. The quantitative estimate of drug-likeness (QED) is 0.709. The van der Waals surface area contributed by atoms with E-state index in [4.69, 9.17) is 5.26 Å². The number of rotatable bonds is 5. The zero-order valence-corrected chi connectivity index (χ0v) is 9.41. The van der Waals surface area contributed by atoms with Gasteiger partial charge in [0.15, 0.2) is 0 Å². The van der Waals surface area contributed by atoms with Crippen LogP contribution in [0.2, 0.25) is 0 Å². The first-order chi connectivity index (χ1) is 7.06. The molecule has 15 heavy (non-hydrogen) atoms. The third kappa shape index (κ3) is 4.45. The number of carbonyl (C=O) groups is 2. The molecule has 0 fully saturated rings. The highest BCUT2D eigenvalue weighted by Gasteiger charge is 2.19. The summed E-state index contributed by atoms with van der Waals surface area (Å²) < 4.78 is 0. The first-order valence-electron chi connectivity index (χ1n) is 5.01. The molecule has 0 aliphatic rings. The van der Waals surface area contributed by atoms with E-state index in [2.05, 4.69) is 5.32 Å². The lowest BCUT2D eigenvalue weighted by molar-refractivity contribution is -0.135. The van der Waals surface area contributed by atoms with Gasteiger partial charge in [-0.05, 0) is 20.8 Å². The molecule has 0 aliphatic heterocycles. The van der Waals surface area contributed by atoms with Gasteiger partial charge in [-0.15, -0.1) is 0 Å². The van der Waals surface area contributed by atoms with Gasteiger partial charge in [-0.2, -0.15) is 5.26 Å². The van der Waals surface area contributed by atoms with Gasteiger partial charge < -0.3 is 10.2 Å². The molecule has 0 radical (unpaired) electrons. The van der Waals surface area contributed by atoms with E-state index in [0.29, 0.717) is 13.1 Å². The number of likely N-dealkylation sites (N-methyl/N-ethyl adjacent to an activating group) is 1. The molecular weight excluding hydrogens is 194 g/mol.